The standard InChI is InChI=1S/C4H10O.C3H6N6.CH4O.CH2O/c1-2-3-4-5;4-1-7-2(5)9-3(6)8-1;2*1-2/h5H,2-4H2,1H3;(H6,4,5,6,7,8,9);2H,1H3;1H2. The number of nitrogens with zero attached hydrogens (tertiary/aromatic N) is 3. The summed E-state index contributed by atoms with van der Waals surface area (Å²) in [4.78, 5) is 18.5. The minimum Gasteiger partial charge on any atom is -0.400 e. The molecule has 18 heavy (non-hydrogen) atoms. The number of hydrogen-bond acceptors (Lipinski definition) is 9. The molecule has 0 unspecified atom stereocenters. The molecule has 1 heterocycles. The van der Waals surface area contributed by atoms with Crippen molar-refractivity contribution < 1.29 is 15.0 Å². The summed E-state index contributed by atoms with van der Waals surface area (Å²) < 4.78 is 0. The molecule has 0 saturated carbocycles. The van der Waals surface area contributed by atoms with Crippen molar-refractivity contribution in [3.8, 4) is 0 Å². The molecule has 1 aromatic rings. The zero-order valence-electron chi connectivity index (χ0n) is 10.7. The van der Waals surface area contributed by atoms with E-state index in [-0.39, 0.29) is 17.8 Å². The second-order valence-corrected chi connectivity index (χ2v) is 2.49. The third-order valence-corrected chi connectivity index (χ3v) is 1.20. The van der Waals surface area contributed by atoms with Crippen LogP contribution in [0.5, 0.6) is 0 Å². The number of anilines is 3. The Kier molecular flexibility index (Phi) is 20.6. The second kappa shape index (κ2) is 17.4. The van der Waals surface area contributed by atoms with Crippen molar-refractivity contribution in [1.82, 2.24) is 15.0 Å². The van der Waals surface area contributed by atoms with Gasteiger partial charge in [-0.05, 0) is 6.42 Å². The first-order chi connectivity index (χ1) is 8.60. The van der Waals surface area contributed by atoms with Crippen molar-refractivity contribution in [2.24, 2.45) is 0 Å². The number of aliphatic hydroxyl groups is 2. The van der Waals surface area contributed by atoms with Crippen LogP contribution in [0.2, 0.25) is 0 Å². The molecule has 0 aliphatic rings. The van der Waals surface area contributed by atoms with Crippen molar-refractivity contribution >= 4 is 24.6 Å². The largest absolute Gasteiger partial charge is 0.400 e. The lowest BCUT2D eigenvalue weighted by Gasteiger charge is -1.93. The Morgan fingerprint density at radius 3 is 1.39 bits per heavy atom. The summed E-state index contributed by atoms with van der Waals surface area (Å²) in [5.41, 5.74) is 15.4. The van der Waals surface area contributed by atoms with Crippen LogP contribution >= 0.6 is 0 Å². The van der Waals surface area contributed by atoms with Gasteiger partial charge in [-0.15, -0.1) is 0 Å². The van der Waals surface area contributed by atoms with Gasteiger partial charge in [-0.2, -0.15) is 15.0 Å². The van der Waals surface area contributed by atoms with Crippen LogP contribution in [0, 0.1) is 0 Å². The van der Waals surface area contributed by atoms with E-state index in [1.165, 1.54) is 0 Å². The van der Waals surface area contributed by atoms with E-state index in [1.807, 2.05) is 6.79 Å². The van der Waals surface area contributed by atoms with Gasteiger partial charge >= 0.3 is 0 Å². The van der Waals surface area contributed by atoms with Crippen LogP contribution in [0.1, 0.15) is 19.8 Å². The van der Waals surface area contributed by atoms with Crippen molar-refractivity contribution in [2.75, 3.05) is 30.9 Å². The molecule has 8 N–H and O–H groups in total. The summed E-state index contributed by atoms with van der Waals surface area (Å²) in [6.07, 6.45) is 2.04. The minimum atomic E-state index is 0.0417. The molecule has 9 nitrogen and oxygen atoms in total. The molecule has 0 aromatic carbocycles. The van der Waals surface area contributed by atoms with Crippen LogP contribution in [-0.4, -0.2) is 45.7 Å². The Labute approximate surface area is 106 Å². The van der Waals surface area contributed by atoms with Gasteiger partial charge in [0.05, 0.1) is 0 Å². The topological polar surface area (TPSA) is 174 Å². The van der Waals surface area contributed by atoms with Gasteiger partial charge in [-0.1, -0.05) is 13.3 Å². The number of aromatic nitrogens is 3. The number of rotatable bonds is 2. The van der Waals surface area contributed by atoms with E-state index in [0.717, 1.165) is 20.0 Å². The summed E-state index contributed by atoms with van der Waals surface area (Å²) in [5.74, 6) is 0.125. The highest BCUT2D eigenvalue weighted by Crippen LogP contribution is 1.97. The Bertz CT molecular complexity index is 235. The van der Waals surface area contributed by atoms with Crippen molar-refractivity contribution in [3.63, 3.8) is 0 Å². The van der Waals surface area contributed by atoms with Crippen molar-refractivity contribution in [3.05, 3.63) is 0 Å². The molecule has 1 rings (SSSR count). The van der Waals surface area contributed by atoms with E-state index in [1.54, 1.807) is 0 Å². The van der Waals surface area contributed by atoms with Crippen molar-refractivity contribution in [1.29, 1.82) is 0 Å². The molecule has 0 fully saturated rings. The molecule has 1 aromatic heterocycles. The smallest absolute Gasteiger partial charge is 0.226 e. The van der Waals surface area contributed by atoms with Crippen LogP contribution in [-0.2, 0) is 4.79 Å². The predicted octanol–water partition coefficient (Wildman–Crippen LogP) is -1.18. The lowest BCUT2D eigenvalue weighted by atomic mass is 10.4. The Morgan fingerprint density at radius 1 is 1.00 bits per heavy atom. The Balaban J connectivity index is -0.000000215. The molecule has 0 spiro atoms. The third kappa shape index (κ3) is 16.4. The van der Waals surface area contributed by atoms with Crippen LogP contribution < -0.4 is 17.2 Å². The first kappa shape index (κ1) is 21.3. The predicted molar refractivity (Wildman–Crippen MR) is 70.3 cm³/mol. The molecular formula is C9H22N6O3. The molecule has 106 valence electrons. The van der Waals surface area contributed by atoms with Gasteiger partial charge in [0.1, 0.15) is 6.79 Å². The third-order valence-electron chi connectivity index (χ3n) is 1.20. The summed E-state index contributed by atoms with van der Waals surface area (Å²) >= 11 is 0. The summed E-state index contributed by atoms with van der Waals surface area (Å²) in [6, 6.07) is 0. The quantitative estimate of drug-likeness (QED) is 0.439. The SMILES string of the molecule is C=O.CCCCO.CO.Nc1nc(N)nc(N)n1. The number of nitrogen functional groups attached to an aromatic ring is 3. The number of carbonyl (C=O) groups excluding carboxylic acids is 1. The molecule has 9 heteroatoms. The summed E-state index contributed by atoms with van der Waals surface area (Å²) in [6.45, 7) is 4.40. The second-order valence-electron chi connectivity index (χ2n) is 2.49. The van der Waals surface area contributed by atoms with Gasteiger partial charge in [0.25, 0.3) is 0 Å². The van der Waals surface area contributed by atoms with Gasteiger partial charge in [0, 0.05) is 13.7 Å². The fourth-order valence-electron chi connectivity index (χ4n) is 0.585. The average Bonchev–Trinajstić information content (AvgIpc) is 2.34. The molecule has 0 saturated heterocycles. The molecular weight excluding hydrogens is 240 g/mol. The maximum Gasteiger partial charge on any atom is 0.226 e. The Morgan fingerprint density at radius 2 is 1.28 bits per heavy atom. The van der Waals surface area contributed by atoms with E-state index >= 15 is 0 Å². The van der Waals surface area contributed by atoms with Crippen LogP contribution in [0.4, 0.5) is 17.8 Å². The fourth-order valence-corrected chi connectivity index (χ4v) is 0.585. The van der Waals surface area contributed by atoms with Crippen LogP contribution in [0.25, 0.3) is 0 Å². The molecule has 0 amide bonds. The highest BCUT2D eigenvalue weighted by Gasteiger charge is 1.93. The van der Waals surface area contributed by atoms with Gasteiger partial charge in [-0.3, -0.25) is 0 Å². The maximum atomic E-state index is 8.07. The van der Waals surface area contributed by atoms with Crippen LogP contribution in [0.15, 0.2) is 0 Å². The minimum absolute atomic E-state index is 0.0417. The number of carbonyl (C=O) groups is 1. The van der Waals surface area contributed by atoms with Gasteiger partial charge in [-0.25, -0.2) is 0 Å². The monoisotopic (exact) mass is 262 g/mol. The number of nitrogens with two attached hydrogens (primary N) is 3. The molecule has 0 bridgehead atoms. The first-order valence-corrected chi connectivity index (χ1v) is 4.97. The lowest BCUT2D eigenvalue weighted by molar-refractivity contribution is -0.0979. The normalized spacial score (nSPS) is 7.56. The highest BCUT2D eigenvalue weighted by atomic mass is 16.3. The zero-order chi connectivity index (χ0) is 15.0. The summed E-state index contributed by atoms with van der Waals surface area (Å²) in [5, 5.41) is 15.1. The van der Waals surface area contributed by atoms with Crippen LogP contribution in [0.3, 0.4) is 0 Å². The molecule has 0 atom stereocenters. The average molecular weight is 262 g/mol. The van der Waals surface area contributed by atoms with E-state index < -0.39 is 0 Å². The van der Waals surface area contributed by atoms with E-state index in [9.17, 15) is 0 Å². The van der Waals surface area contributed by atoms with E-state index in [0.29, 0.717) is 6.61 Å². The Hall–Kier alpha value is -2.00. The number of aliphatic hydroxyl groups excluding tert-OH is 2. The van der Waals surface area contributed by atoms with E-state index in [2.05, 4.69) is 21.9 Å². The van der Waals surface area contributed by atoms with Gasteiger partial charge in [0.15, 0.2) is 0 Å². The number of unbranched alkanes of at least 4 members (excludes halogenated alkanes) is 1. The molecule has 0 aliphatic carbocycles. The zero-order valence-corrected chi connectivity index (χ0v) is 10.7. The fraction of sp³-hybridized carbons (Fsp3) is 0.556. The lowest BCUT2D eigenvalue weighted by Crippen LogP contribution is -2.05. The van der Waals surface area contributed by atoms with E-state index in [4.69, 9.17) is 32.2 Å². The van der Waals surface area contributed by atoms with Gasteiger partial charge in [0.2, 0.25) is 17.8 Å². The first-order valence-electron chi connectivity index (χ1n) is 4.97. The summed E-state index contributed by atoms with van der Waals surface area (Å²) in [7, 11) is 1.00. The van der Waals surface area contributed by atoms with Crippen molar-refractivity contribution in [2.45, 2.75) is 19.8 Å². The van der Waals surface area contributed by atoms with Gasteiger partial charge < -0.3 is 32.2 Å². The highest BCUT2D eigenvalue weighted by molar-refractivity contribution is 5.33. The molecule has 0 aliphatic heterocycles. The number of hydrogen-bond donors (Lipinski definition) is 5. The maximum absolute atomic E-state index is 8.07. The molecule has 0 radical (unpaired) electrons.